The number of nitrogens with zero attached hydrogens (tertiary/aromatic N) is 2. The van der Waals surface area contributed by atoms with E-state index in [2.05, 4.69) is 16.4 Å². The summed E-state index contributed by atoms with van der Waals surface area (Å²) in [4.78, 5) is 32.6. The van der Waals surface area contributed by atoms with Crippen LogP contribution in [-0.4, -0.2) is 29.8 Å². The Morgan fingerprint density at radius 1 is 0.947 bits per heavy atom. The summed E-state index contributed by atoms with van der Waals surface area (Å²) in [6, 6.07) is 27.2. The third-order valence-corrected chi connectivity index (χ3v) is 7.02. The van der Waals surface area contributed by atoms with Crippen LogP contribution >= 0.6 is 11.8 Å². The van der Waals surface area contributed by atoms with Gasteiger partial charge in [0.25, 0.3) is 5.91 Å². The number of nitrogens with one attached hydrogen (secondary N) is 1. The van der Waals surface area contributed by atoms with Crippen LogP contribution in [0.2, 0.25) is 0 Å². The number of anilines is 2. The zero-order valence-corrected chi connectivity index (χ0v) is 22.2. The third-order valence-electron chi connectivity index (χ3n) is 6.08. The summed E-state index contributed by atoms with van der Waals surface area (Å²) in [7, 11) is 1.61. The molecule has 7 heteroatoms. The predicted molar refractivity (Wildman–Crippen MR) is 157 cm³/mol. The van der Waals surface area contributed by atoms with Gasteiger partial charge in [-0.1, -0.05) is 60.3 Å². The summed E-state index contributed by atoms with van der Waals surface area (Å²) in [6.07, 6.45) is 1.75. The molecule has 4 aromatic carbocycles. The number of ether oxygens (including phenoxy) is 1. The average molecular weight is 522 g/mol. The zero-order chi connectivity index (χ0) is 26.6. The van der Waals surface area contributed by atoms with Crippen LogP contribution in [0.5, 0.6) is 5.75 Å². The molecular formula is C31H27N3O3S. The van der Waals surface area contributed by atoms with E-state index in [1.807, 2.05) is 92.7 Å². The molecule has 38 heavy (non-hydrogen) atoms. The molecule has 4 aromatic rings. The summed E-state index contributed by atoms with van der Waals surface area (Å²) in [6.45, 7) is 3.98. The third kappa shape index (κ3) is 5.63. The second-order valence-electron chi connectivity index (χ2n) is 9.08. The maximum absolute atomic E-state index is 13.5. The maximum atomic E-state index is 13.5. The Hall–Kier alpha value is -4.36. The van der Waals surface area contributed by atoms with Crippen molar-refractivity contribution >= 4 is 57.0 Å². The number of aryl methyl sites for hydroxylation is 2. The number of aliphatic imine (C=N–C) groups is 1. The molecule has 1 heterocycles. The van der Waals surface area contributed by atoms with Gasteiger partial charge in [0, 0.05) is 5.69 Å². The van der Waals surface area contributed by atoms with Crippen molar-refractivity contribution in [3.05, 3.63) is 107 Å². The summed E-state index contributed by atoms with van der Waals surface area (Å²) in [5.74, 6) is 0.436. The van der Waals surface area contributed by atoms with E-state index >= 15 is 0 Å². The van der Waals surface area contributed by atoms with Crippen molar-refractivity contribution in [2.24, 2.45) is 4.99 Å². The van der Waals surface area contributed by atoms with Crippen molar-refractivity contribution in [3.8, 4) is 5.75 Å². The summed E-state index contributed by atoms with van der Waals surface area (Å²) in [5.41, 5.74) is 4.68. The van der Waals surface area contributed by atoms with Gasteiger partial charge in [0.05, 0.1) is 18.6 Å². The number of amidine groups is 1. The van der Waals surface area contributed by atoms with Crippen LogP contribution in [0.25, 0.3) is 16.8 Å². The monoisotopic (exact) mass is 521 g/mol. The molecule has 190 valence electrons. The minimum absolute atomic E-state index is 0.107. The lowest BCUT2D eigenvalue weighted by Gasteiger charge is -2.19. The highest BCUT2D eigenvalue weighted by Crippen LogP contribution is 2.31. The van der Waals surface area contributed by atoms with E-state index in [0.29, 0.717) is 10.9 Å². The van der Waals surface area contributed by atoms with E-state index in [1.54, 1.807) is 18.1 Å². The molecule has 0 aromatic heterocycles. The maximum Gasteiger partial charge on any atom is 0.283 e. The molecule has 2 amide bonds. The number of thioether (sulfide) groups is 1. The highest BCUT2D eigenvalue weighted by atomic mass is 32.2. The van der Waals surface area contributed by atoms with Crippen LogP contribution in [0, 0.1) is 13.8 Å². The van der Waals surface area contributed by atoms with Crippen LogP contribution in [0.4, 0.5) is 11.4 Å². The second-order valence-corrected chi connectivity index (χ2v) is 10.0. The molecule has 0 unspecified atom stereocenters. The minimum atomic E-state index is -0.233. The lowest BCUT2D eigenvalue weighted by atomic mass is 10.1. The molecule has 5 rings (SSSR count). The molecule has 0 atom stereocenters. The number of benzene rings is 4. The Morgan fingerprint density at radius 2 is 1.66 bits per heavy atom. The van der Waals surface area contributed by atoms with Crippen LogP contribution in [0.3, 0.4) is 0 Å². The number of hydrogen-bond donors (Lipinski definition) is 1. The van der Waals surface area contributed by atoms with Gasteiger partial charge in [-0.05, 0) is 83.8 Å². The number of carbonyl (C=O) groups excluding carboxylic acids is 2. The standard InChI is InChI=1S/C31H27N3O3S/c1-20-14-21(2)16-26(15-20)34-30(36)28(17-22-8-12-27(37-3)13-9-22)33-31(34)38-19-29(35)32-25-11-10-23-6-4-5-7-24(23)18-25/h4-18H,19H2,1-3H3,(H,32,35). The van der Waals surface area contributed by atoms with Crippen molar-refractivity contribution in [1.29, 1.82) is 0 Å². The van der Waals surface area contributed by atoms with Gasteiger partial charge in [0.1, 0.15) is 11.4 Å². The van der Waals surface area contributed by atoms with Gasteiger partial charge in [-0.25, -0.2) is 4.99 Å². The SMILES string of the molecule is COc1ccc(C=C2N=C(SCC(=O)Nc3ccc4ccccc4c3)N(c3cc(C)cc(C)c3)C2=O)cc1. The molecule has 1 aliphatic rings. The van der Waals surface area contributed by atoms with Gasteiger partial charge in [0.2, 0.25) is 5.91 Å². The normalized spacial score (nSPS) is 14.2. The average Bonchev–Trinajstić information content (AvgIpc) is 3.22. The van der Waals surface area contributed by atoms with Crippen LogP contribution in [-0.2, 0) is 9.59 Å². The van der Waals surface area contributed by atoms with Gasteiger partial charge in [-0.15, -0.1) is 0 Å². The first kappa shape index (κ1) is 25.3. The Bertz CT molecular complexity index is 1570. The summed E-state index contributed by atoms with van der Waals surface area (Å²) in [5, 5.41) is 5.59. The fourth-order valence-electron chi connectivity index (χ4n) is 4.35. The van der Waals surface area contributed by atoms with E-state index in [0.717, 1.165) is 44.6 Å². The van der Waals surface area contributed by atoms with Gasteiger partial charge in [0.15, 0.2) is 5.17 Å². The highest BCUT2D eigenvalue weighted by Gasteiger charge is 2.32. The quantitative estimate of drug-likeness (QED) is 0.291. The molecule has 0 spiro atoms. The van der Waals surface area contributed by atoms with Crippen LogP contribution in [0.1, 0.15) is 16.7 Å². The Labute approximate surface area is 226 Å². The largest absolute Gasteiger partial charge is 0.497 e. The van der Waals surface area contributed by atoms with Crippen LogP contribution in [0.15, 0.2) is 95.6 Å². The van der Waals surface area contributed by atoms with Crippen LogP contribution < -0.4 is 15.0 Å². The zero-order valence-electron chi connectivity index (χ0n) is 21.4. The topological polar surface area (TPSA) is 71.0 Å². The molecule has 0 fully saturated rings. The first-order valence-electron chi connectivity index (χ1n) is 12.2. The number of rotatable bonds is 6. The molecule has 0 bridgehead atoms. The second kappa shape index (κ2) is 10.9. The fourth-order valence-corrected chi connectivity index (χ4v) is 5.17. The van der Waals surface area contributed by atoms with E-state index < -0.39 is 0 Å². The van der Waals surface area contributed by atoms with Crippen molar-refractivity contribution < 1.29 is 14.3 Å². The minimum Gasteiger partial charge on any atom is -0.497 e. The first-order valence-corrected chi connectivity index (χ1v) is 13.2. The number of hydrogen-bond acceptors (Lipinski definition) is 5. The van der Waals surface area contributed by atoms with E-state index in [1.165, 1.54) is 11.8 Å². The molecule has 0 radical (unpaired) electrons. The highest BCUT2D eigenvalue weighted by molar-refractivity contribution is 8.14. The van der Waals surface area contributed by atoms with Gasteiger partial charge < -0.3 is 10.1 Å². The molecule has 0 saturated carbocycles. The number of methoxy groups -OCH3 is 1. The smallest absolute Gasteiger partial charge is 0.283 e. The fraction of sp³-hybridized carbons (Fsp3) is 0.129. The Morgan fingerprint density at radius 3 is 2.37 bits per heavy atom. The summed E-state index contributed by atoms with van der Waals surface area (Å²) >= 11 is 1.24. The lowest BCUT2D eigenvalue weighted by molar-refractivity contribution is -0.114. The summed E-state index contributed by atoms with van der Waals surface area (Å²) < 4.78 is 5.23. The predicted octanol–water partition coefficient (Wildman–Crippen LogP) is 6.58. The van der Waals surface area contributed by atoms with Gasteiger partial charge >= 0.3 is 0 Å². The van der Waals surface area contributed by atoms with Crippen molar-refractivity contribution in [2.45, 2.75) is 13.8 Å². The molecule has 0 saturated heterocycles. The molecule has 1 N–H and O–H groups in total. The van der Waals surface area contributed by atoms with Gasteiger partial charge in [-0.2, -0.15) is 0 Å². The molecule has 0 aliphatic carbocycles. The van der Waals surface area contributed by atoms with Gasteiger partial charge in [-0.3, -0.25) is 14.5 Å². The van der Waals surface area contributed by atoms with E-state index in [-0.39, 0.29) is 17.6 Å². The Balaban J connectivity index is 1.38. The van der Waals surface area contributed by atoms with Crippen molar-refractivity contribution in [3.63, 3.8) is 0 Å². The number of fused-ring (bicyclic) bond motifs is 1. The number of amides is 2. The Kier molecular flexibility index (Phi) is 7.29. The molecule has 1 aliphatic heterocycles. The van der Waals surface area contributed by atoms with Crippen molar-refractivity contribution in [2.75, 3.05) is 23.1 Å². The lowest BCUT2D eigenvalue weighted by Crippen LogP contribution is -2.31. The number of carbonyl (C=O) groups is 2. The first-order chi connectivity index (χ1) is 18.4. The van der Waals surface area contributed by atoms with Crippen molar-refractivity contribution in [1.82, 2.24) is 0 Å². The molecular weight excluding hydrogens is 494 g/mol. The van der Waals surface area contributed by atoms with E-state index in [9.17, 15) is 9.59 Å². The molecule has 6 nitrogen and oxygen atoms in total. The van der Waals surface area contributed by atoms with E-state index in [4.69, 9.17) is 4.74 Å².